The molecule has 2 aliphatic heterocycles. The van der Waals surface area contributed by atoms with Crippen molar-refractivity contribution in [3.8, 4) is 0 Å². The Bertz CT molecular complexity index is 922. The Morgan fingerprint density at radius 2 is 2.00 bits per heavy atom. The fourth-order valence-corrected chi connectivity index (χ4v) is 3.83. The van der Waals surface area contributed by atoms with Crippen molar-refractivity contribution in [1.29, 1.82) is 0 Å². The molecule has 2 bridgehead atoms. The van der Waals surface area contributed by atoms with Gasteiger partial charge in [-0.2, -0.15) is 0 Å². The van der Waals surface area contributed by atoms with Crippen LogP contribution in [0.15, 0.2) is 29.1 Å². The topological polar surface area (TPSA) is 108 Å². The van der Waals surface area contributed by atoms with E-state index in [4.69, 9.17) is 0 Å². The number of non-ortho nitro benzene ring substituents is 1. The number of carbonyl (C=O) groups excluding carboxylic acids is 1. The largest absolute Gasteiger partial charge is 0.337 e. The number of aromatic nitrogens is 1. The minimum Gasteiger partial charge on any atom is -0.337 e. The molecule has 2 fully saturated rings. The fourth-order valence-electron chi connectivity index (χ4n) is 3.83. The maximum atomic E-state index is 13.1. The third-order valence-electron chi connectivity index (χ3n) is 5.08. The summed E-state index contributed by atoms with van der Waals surface area (Å²) in [5.41, 5.74) is 0.153. The Balaban J connectivity index is 1.76. The molecule has 130 valence electrons. The molecular formula is C17H18N4O4. The number of carbonyl (C=O) groups is 1. The number of amides is 1. The van der Waals surface area contributed by atoms with E-state index in [1.807, 2.05) is 0 Å². The first-order chi connectivity index (χ1) is 12.0. The van der Waals surface area contributed by atoms with E-state index in [-0.39, 0.29) is 28.8 Å². The minimum atomic E-state index is -0.506. The van der Waals surface area contributed by atoms with Crippen molar-refractivity contribution in [3.63, 3.8) is 0 Å². The van der Waals surface area contributed by atoms with Crippen LogP contribution in [0.2, 0.25) is 0 Å². The van der Waals surface area contributed by atoms with Crippen LogP contribution < -0.4 is 10.9 Å². The number of fused-ring (bicyclic) bond motifs is 3. The van der Waals surface area contributed by atoms with Crippen LogP contribution in [-0.4, -0.2) is 45.9 Å². The molecule has 2 aromatic rings. The predicted octanol–water partition coefficient (Wildman–Crippen LogP) is 1.40. The molecule has 8 nitrogen and oxygen atoms in total. The highest BCUT2D eigenvalue weighted by atomic mass is 16.6. The molecule has 1 amide bonds. The molecule has 0 spiro atoms. The van der Waals surface area contributed by atoms with E-state index in [0.29, 0.717) is 30.0 Å². The summed E-state index contributed by atoms with van der Waals surface area (Å²) in [6.07, 6.45) is 3.05. The zero-order valence-electron chi connectivity index (χ0n) is 13.5. The zero-order valence-corrected chi connectivity index (χ0v) is 13.5. The van der Waals surface area contributed by atoms with E-state index in [1.54, 1.807) is 4.90 Å². The quantitative estimate of drug-likeness (QED) is 0.633. The highest BCUT2D eigenvalue weighted by molar-refractivity contribution is 6.06. The summed E-state index contributed by atoms with van der Waals surface area (Å²) in [6, 6.07) is 6.10. The van der Waals surface area contributed by atoms with E-state index in [1.165, 1.54) is 24.3 Å². The predicted molar refractivity (Wildman–Crippen MR) is 91.7 cm³/mol. The van der Waals surface area contributed by atoms with Gasteiger partial charge in [0.15, 0.2) is 0 Å². The lowest BCUT2D eigenvalue weighted by Crippen LogP contribution is -2.39. The van der Waals surface area contributed by atoms with Crippen molar-refractivity contribution < 1.29 is 9.72 Å². The number of benzene rings is 1. The summed E-state index contributed by atoms with van der Waals surface area (Å²) in [6.45, 7) is 1.22. The third-order valence-corrected chi connectivity index (χ3v) is 5.08. The average Bonchev–Trinajstić information content (AvgIpc) is 2.92. The Kier molecular flexibility index (Phi) is 3.76. The number of pyridine rings is 1. The molecule has 8 heteroatoms. The second-order valence-corrected chi connectivity index (χ2v) is 6.71. The minimum absolute atomic E-state index is 0.106. The lowest BCUT2D eigenvalue weighted by molar-refractivity contribution is -0.384. The Morgan fingerprint density at radius 3 is 2.80 bits per heavy atom. The lowest BCUT2D eigenvalue weighted by Gasteiger charge is -2.24. The zero-order chi connectivity index (χ0) is 17.6. The van der Waals surface area contributed by atoms with Crippen molar-refractivity contribution in [2.45, 2.75) is 31.3 Å². The normalized spacial score (nSPS) is 22.8. The standard InChI is InChI=1S/C17H18N4O4/c22-16-8-14(13-7-12(21(24)25)3-4-15(13)19-16)17(23)20-6-5-10-1-2-11(9-20)18-10/h3-4,7-8,10-11,18H,1-2,5-6,9H2,(H,19,22). The first-order valence-corrected chi connectivity index (χ1v) is 8.38. The SMILES string of the molecule is O=C(c1cc(=O)[nH]c2ccc([N+](=O)[O-])cc12)N1CCC2CCC(C1)N2. The maximum absolute atomic E-state index is 13.1. The monoisotopic (exact) mass is 342 g/mol. The second kappa shape index (κ2) is 5.96. The van der Waals surface area contributed by atoms with Crippen molar-refractivity contribution in [1.82, 2.24) is 15.2 Å². The number of H-pyrrole nitrogens is 1. The van der Waals surface area contributed by atoms with Gasteiger partial charge in [-0.25, -0.2) is 0 Å². The molecule has 1 aromatic heterocycles. The van der Waals surface area contributed by atoms with Crippen molar-refractivity contribution in [2.24, 2.45) is 0 Å². The van der Waals surface area contributed by atoms with Gasteiger partial charge in [-0.1, -0.05) is 0 Å². The van der Waals surface area contributed by atoms with E-state index in [9.17, 15) is 19.7 Å². The number of rotatable bonds is 2. The van der Waals surface area contributed by atoms with E-state index in [2.05, 4.69) is 10.3 Å². The molecule has 2 N–H and O–H groups in total. The van der Waals surface area contributed by atoms with Gasteiger partial charge in [0.1, 0.15) is 0 Å². The molecule has 0 saturated carbocycles. The lowest BCUT2D eigenvalue weighted by atomic mass is 10.0. The van der Waals surface area contributed by atoms with Gasteiger partial charge in [-0.3, -0.25) is 19.7 Å². The molecule has 2 saturated heterocycles. The van der Waals surface area contributed by atoms with Crippen LogP contribution in [-0.2, 0) is 0 Å². The van der Waals surface area contributed by atoms with Gasteiger partial charge in [-0.05, 0) is 25.3 Å². The van der Waals surface area contributed by atoms with E-state index >= 15 is 0 Å². The van der Waals surface area contributed by atoms with Crippen LogP contribution in [0.1, 0.15) is 29.6 Å². The molecule has 2 aliphatic rings. The van der Waals surface area contributed by atoms with E-state index in [0.717, 1.165) is 19.3 Å². The van der Waals surface area contributed by atoms with Crippen LogP contribution >= 0.6 is 0 Å². The highest BCUT2D eigenvalue weighted by Gasteiger charge is 2.32. The fraction of sp³-hybridized carbons (Fsp3) is 0.412. The van der Waals surface area contributed by atoms with Gasteiger partial charge in [0.05, 0.1) is 10.5 Å². The summed E-state index contributed by atoms with van der Waals surface area (Å²) in [5.74, 6) is -0.244. The Morgan fingerprint density at radius 1 is 1.20 bits per heavy atom. The molecule has 4 rings (SSSR count). The smallest absolute Gasteiger partial charge is 0.270 e. The number of nitro groups is 1. The third kappa shape index (κ3) is 2.89. The molecular weight excluding hydrogens is 324 g/mol. The molecule has 0 radical (unpaired) electrons. The number of nitrogens with zero attached hydrogens (tertiary/aromatic N) is 2. The van der Waals surface area contributed by atoms with Crippen molar-refractivity contribution >= 4 is 22.5 Å². The van der Waals surface area contributed by atoms with Gasteiger partial charge in [0, 0.05) is 54.3 Å². The molecule has 25 heavy (non-hydrogen) atoms. The number of hydrogen-bond acceptors (Lipinski definition) is 5. The Hall–Kier alpha value is -2.74. The number of aromatic amines is 1. The summed E-state index contributed by atoms with van der Waals surface area (Å²) in [7, 11) is 0. The van der Waals surface area contributed by atoms with Crippen molar-refractivity contribution in [2.75, 3.05) is 13.1 Å². The average molecular weight is 342 g/mol. The number of likely N-dealkylation sites (tertiary alicyclic amines) is 1. The molecule has 0 aliphatic carbocycles. The first kappa shape index (κ1) is 15.8. The summed E-state index contributed by atoms with van der Waals surface area (Å²) >= 11 is 0. The first-order valence-electron chi connectivity index (χ1n) is 8.38. The van der Waals surface area contributed by atoms with Crippen LogP contribution in [0.25, 0.3) is 10.9 Å². The Labute approximate surface area is 143 Å². The highest BCUT2D eigenvalue weighted by Crippen LogP contribution is 2.25. The van der Waals surface area contributed by atoms with Gasteiger partial charge in [-0.15, -0.1) is 0 Å². The van der Waals surface area contributed by atoms with Gasteiger partial charge in [0.25, 0.3) is 11.6 Å². The van der Waals surface area contributed by atoms with Gasteiger partial charge in [0.2, 0.25) is 5.56 Å². The molecule has 2 unspecified atom stereocenters. The van der Waals surface area contributed by atoms with Crippen LogP contribution in [0.5, 0.6) is 0 Å². The summed E-state index contributed by atoms with van der Waals surface area (Å²) in [4.78, 5) is 39.9. The number of hydrogen-bond donors (Lipinski definition) is 2. The number of nitro benzene ring substituents is 1. The molecule has 3 heterocycles. The van der Waals surface area contributed by atoms with Gasteiger partial charge < -0.3 is 15.2 Å². The molecule has 2 atom stereocenters. The number of nitrogens with one attached hydrogen (secondary N) is 2. The molecule has 1 aromatic carbocycles. The summed E-state index contributed by atoms with van der Waals surface area (Å²) < 4.78 is 0. The summed E-state index contributed by atoms with van der Waals surface area (Å²) in [5, 5.41) is 15.0. The van der Waals surface area contributed by atoms with Crippen LogP contribution in [0.4, 0.5) is 5.69 Å². The van der Waals surface area contributed by atoms with E-state index < -0.39 is 4.92 Å². The van der Waals surface area contributed by atoms with Crippen LogP contribution in [0.3, 0.4) is 0 Å². The maximum Gasteiger partial charge on any atom is 0.270 e. The van der Waals surface area contributed by atoms with Crippen LogP contribution in [0, 0.1) is 10.1 Å². The second-order valence-electron chi connectivity index (χ2n) is 6.71. The van der Waals surface area contributed by atoms with Gasteiger partial charge >= 0.3 is 0 Å². The van der Waals surface area contributed by atoms with Crippen molar-refractivity contribution in [3.05, 3.63) is 50.3 Å².